The molecule has 0 fully saturated rings. The van der Waals surface area contributed by atoms with E-state index in [9.17, 15) is 0 Å². The molecule has 4 rings (SSSR count). The van der Waals surface area contributed by atoms with Crippen LogP contribution >= 0.6 is 0 Å². The van der Waals surface area contributed by atoms with Gasteiger partial charge in [0, 0.05) is 39.2 Å². The number of fused-ring (bicyclic) bond motifs is 2. The second-order valence-corrected chi connectivity index (χ2v) is 7.00. The first kappa shape index (κ1) is 18.4. The molecule has 0 spiro atoms. The molecule has 0 unspecified atom stereocenters. The van der Waals surface area contributed by atoms with Crippen LogP contribution in [-0.2, 0) is 25.9 Å². The van der Waals surface area contributed by atoms with Crippen LogP contribution in [0.25, 0.3) is 5.65 Å². The number of hydrogen-bond donors (Lipinski definition) is 2. The topological polar surface area (TPSA) is 97.3 Å². The molecule has 9 nitrogen and oxygen atoms in total. The fraction of sp³-hybridized carbons (Fsp3) is 0.526. The van der Waals surface area contributed by atoms with Gasteiger partial charge >= 0.3 is 0 Å². The summed E-state index contributed by atoms with van der Waals surface area (Å²) in [5.41, 5.74) is 0.842. The zero-order chi connectivity index (χ0) is 19.2. The predicted octanol–water partition coefficient (Wildman–Crippen LogP) is 1.34. The number of guanidine groups is 1. The standard InChI is InChI=1S/C19H27N9/c1-20-19(22-14-18-26-25-16-9-4-6-13-28(16)18)21-11-7-10-17-24-23-15-8-3-2-5-12-27(15)17/h4,6,9,13H,2-3,5,7-8,10-12,14H2,1H3,(H2,20,21,22). The van der Waals surface area contributed by atoms with Crippen molar-refractivity contribution in [2.45, 2.75) is 51.6 Å². The highest BCUT2D eigenvalue weighted by Crippen LogP contribution is 2.15. The first-order valence-electron chi connectivity index (χ1n) is 9.99. The van der Waals surface area contributed by atoms with Crippen LogP contribution in [-0.4, -0.2) is 48.9 Å². The second-order valence-electron chi connectivity index (χ2n) is 7.00. The molecular formula is C19H27N9. The molecule has 1 aliphatic rings. The molecule has 0 aromatic carbocycles. The van der Waals surface area contributed by atoms with Crippen LogP contribution in [0.4, 0.5) is 0 Å². The van der Waals surface area contributed by atoms with Crippen molar-refractivity contribution in [3.8, 4) is 0 Å². The molecule has 0 bridgehead atoms. The molecule has 28 heavy (non-hydrogen) atoms. The van der Waals surface area contributed by atoms with Crippen LogP contribution in [0, 0.1) is 0 Å². The maximum absolute atomic E-state index is 4.40. The molecule has 9 heteroatoms. The van der Waals surface area contributed by atoms with Gasteiger partial charge < -0.3 is 15.2 Å². The Balaban J connectivity index is 1.24. The fourth-order valence-electron chi connectivity index (χ4n) is 3.58. The van der Waals surface area contributed by atoms with Crippen LogP contribution in [0.3, 0.4) is 0 Å². The van der Waals surface area contributed by atoms with Crippen LogP contribution in [0.1, 0.15) is 43.2 Å². The summed E-state index contributed by atoms with van der Waals surface area (Å²) in [6, 6.07) is 5.86. The zero-order valence-electron chi connectivity index (χ0n) is 16.3. The summed E-state index contributed by atoms with van der Waals surface area (Å²) in [7, 11) is 1.77. The number of nitrogens with zero attached hydrogens (tertiary/aromatic N) is 7. The number of aliphatic imine (C=N–C) groups is 1. The van der Waals surface area contributed by atoms with Crippen LogP contribution in [0.15, 0.2) is 29.4 Å². The van der Waals surface area contributed by atoms with E-state index in [4.69, 9.17) is 0 Å². The van der Waals surface area contributed by atoms with Crippen LogP contribution in [0.2, 0.25) is 0 Å². The third kappa shape index (κ3) is 4.13. The minimum absolute atomic E-state index is 0.558. The first-order chi connectivity index (χ1) is 13.8. The Bertz CT molecular complexity index is 940. The Morgan fingerprint density at radius 2 is 2.00 bits per heavy atom. The lowest BCUT2D eigenvalue weighted by atomic mass is 10.2. The van der Waals surface area contributed by atoms with Gasteiger partial charge in [0.15, 0.2) is 17.4 Å². The molecule has 3 aromatic rings. The summed E-state index contributed by atoms with van der Waals surface area (Å²) in [4.78, 5) is 4.29. The van der Waals surface area contributed by atoms with Crippen molar-refractivity contribution in [1.82, 2.24) is 40.0 Å². The van der Waals surface area contributed by atoms with Crippen molar-refractivity contribution in [3.63, 3.8) is 0 Å². The van der Waals surface area contributed by atoms with E-state index in [0.717, 1.165) is 61.4 Å². The molecule has 3 aromatic heterocycles. The first-order valence-corrected chi connectivity index (χ1v) is 9.99. The summed E-state index contributed by atoms with van der Waals surface area (Å²) < 4.78 is 4.29. The fourth-order valence-corrected chi connectivity index (χ4v) is 3.58. The van der Waals surface area contributed by atoms with Crippen LogP contribution < -0.4 is 10.6 Å². The van der Waals surface area contributed by atoms with Gasteiger partial charge in [-0.25, -0.2) is 0 Å². The highest BCUT2D eigenvalue weighted by Gasteiger charge is 2.14. The van der Waals surface area contributed by atoms with Crippen molar-refractivity contribution >= 4 is 11.6 Å². The van der Waals surface area contributed by atoms with E-state index >= 15 is 0 Å². The molecule has 0 atom stereocenters. The highest BCUT2D eigenvalue weighted by atomic mass is 15.3. The van der Waals surface area contributed by atoms with E-state index < -0.39 is 0 Å². The minimum Gasteiger partial charge on any atom is -0.356 e. The van der Waals surface area contributed by atoms with Crippen LogP contribution in [0.5, 0.6) is 0 Å². The summed E-state index contributed by atoms with van der Waals surface area (Å²) >= 11 is 0. The van der Waals surface area contributed by atoms with Gasteiger partial charge in [0.25, 0.3) is 0 Å². The summed E-state index contributed by atoms with van der Waals surface area (Å²) in [5, 5.41) is 23.8. The van der Waals surface area contributed by atoms with E-state index in [1.807, 2.05) is 28.8 Å². The van der Waals surface area contributed by atoms with E-state index in [2.05, 4.69) is 40.6 Å². The van der Waals surface area contributed by atoms with E-state index in [1.54, 1.807) is 7.05 Å². The SMILES string of the molecule is CN=C(NCCCc1nnc2n1CCCCC2)NCc1nnc2ccccn12. The zero-order valence-corrected chi connectivity index (χ0v) is 16.3. The Hall–Kier alpha value is -2.97. The van der Waals surface area contributed by atoms with Crippen molar-refractivity contribution in [1.29, 1.82) is 0 Å². The molecule has 148 valence electrons. The van der Waals surface area contributed by atoms with Gasteiger partial charge in [-0.05, 0) is 31.4 Å². The predicted molar refractivity (Wildman–Crippen MR) is 107 cm³/mol. The lowest BCUT2D eigenvalue weighted by Gasteiger charge is -2.11. The van der Waals surface area contributed by atoms with Gasteiger partial charge in [-0.1, -0.05) is 12.5 Å². The number of pyridine rings is 1. The number of nitrogens with one attached hydrogen (secondary N) is 2. The van der Waals surface area contributed by atoms with Crippen molar-refractivity contribution < 1.29 is 0 Å². The molecule has 0 aliphatic carbocycles. The highest BCUT2D eigenvalue weighted by molar-refractivity contribution is 5.79. The third-order valence-corrected chi connectivity index (χ3v) is 5.08. The Morgan fingerprint density at radius 3 is 2.93 bits per heavy atom. The second kappa shape index (κ2) is 8.81. The average Bonchev–Trinajstić information content (AvgIpc) is 3.23. The number of hydrogen-bond acceptors (Lipinski definition) is 5. The molecule has 0 saturated heterocycles. The number of aryl methyl sites for hydroxylation is 2. The monoisotopic (exact) mass is 381 g/mol. The largest absolute Gasteiger partial charge is 0.356 e. The Labute approximate surface area is 164 Å². The van der Waals surface area contributed by atoms with Gasteiger partial charge in [-0.3, -0.25) is 9.39 Å². The summed E-state index contributed by atoms with van der Waals surface area (Å²) in [6.45, 7) is 2.44. The molecule has 0 amide bonds. The molecule has 2 N–H and O–H groups in total. The quantitative estimate of drug-likeness (QED) is 0.380. The maximum Gasteiger partial charge on any atom is 0.191 e. The molecule has 4 heterocycles. The van der Waals surface area contributed by atoms with Gasteiger partial charge in [0.2, 0.25) is 0 Å². The number of aromatic nitrogens is 6. The molecule has 1 aliphatic heterocycles. The van der Waals surface area contributed by atoms with Crippen molar-refractivity contribution in [2.75, 3.05) is 13.6 Å². The smallest absolute Gasteiger partial charge is 0.191 e. The van der Waals surface area contributed by atoms with E-state index in [1.165, 1.54) is 19.3 Å². The van der Waals surface area contributed by atoms with E-state index in [-0.39, 0.29) is 0 Å². The van der Waals surface area contributed by atoms with Gasteiger partial charge in [-0.2, -0.15) is 0 Å². The van der Waals surface area contributed by atoms with Crippen molar-refractivity contribution in [2.24, 2.45) is 4.99 Å². The Kier molecular flexibility index (Phi) is 5.79. The third-order valence-electron chi connectivity index (χ3n) is 5.08. The lowest BCUT2D eigenvalue weighted by Crippen LogP contribution is -2.37. The minimum atomic E-state index is 0.558. The average molecular weight is 381 g/mol. The summed E-state index contributed by atoms with van der Waals surface area (Å²) in [5.74, 6) is 3.87. The number of rotatable bonds is 6. The summed E-state index contributed by atoms with van der Waals surface area (Å²) in [6.07, 6.45) is 8.66. The Morgan fingerprint density at radius 1 is 1.07 bits per heavy atom. The van der Waals surface area contributed by atoms with Gasteiger partial charge in [-0.15, -0.1) is 20.4 Å². The van der Waals surface area contributed by atoms with Crippen molar-refractivity contribution in [3.05, 3.63) is 41.9 Å². The maximum atomic E-state index is 4.40. The van der Waals surface area contributed by atoms with E-state index in [0.29, 0.717) is 6.54 Å². The normalized spacial score (nSPS) is 14.7. The molecule has 0 saturated carbocycles. The van der Waals surface area contributed by atoms with Gasteiger partial charge in [0.05, 0.1) is 6.54 Å². The lowest BCUT2D eigenvalue weighted by molar-refractivity contribution is 0.593. The van der Waals surface area contributed by atoms with Gasteiger partial charge in [0.1, 0.15) is 11.6 Å². The molecular weight excluding hydrogens is 354 g/mol. The molecule has 0 radical (unpaired) electrons.